The maximum Gasteiger partial charge on any atom is 0.295 e. The fourth-order valence-electron chi connectivity index (χ4n) is 3.13. The van der Waals surface area contributed by atoms with Crippen LogP contribution in [0.25, 0.3) is 0 Å². The second-order valence-corrected chi connectivity index (χ2v) is 8.25. The van der Waals surface area contributed by atoms with E-state index >= 15 is 0 Å². The number of nitrogens with zero attached hydrogens (tertiary/aromatic N) is 3. The molecular weight excluding hydrogens is 356 g/mol. The Labute approximate surface area is 154 Å². The molecule has 144 valence electrons. The molecule has 0 unspecified atom stereocenters. The van der Waals surface area contributed by atoms with Gasteiger partial charge in [0, 0.05) is 25.4 Å². The van der Waals surface area contributed by atoms with Crippen molar-refractivity contribution < 1.29 is 13.3 Å². The molecule has 2 rings (SSSR count). The molecule has 1 aliphatic carbocycles. The van der Waals surface area contributed by atoms with Gasteiger partial charge < -0.3 is 0 Å². The highest BCUT2D eigenvalue weighted by Crippen LogP contribution is 2.29. The minimum atomic E-state index is -3.75. The van der Waals surface area contributed by atoms with Gasteiger partial charge in [0.2, 0.25) is 10.0 Å². The number of rotatable bonds is 8. The van der Waals surface area contributed by atoms with Crippen LogP contribution in [0.15, 0.2) is 28.2 Å². The minimum Gasteiger partial charge on any atom is -0.272 e. The Kier molecular flexibility index (Phi) is 7.10. The summed E-state index contributed by atoms with van der Waals surface area (Å²) in [4.78, 5) is 10.7. The lowest BCUT2D eigenvalue weighted by Crippen LogP contribution is -2.30. The summed E-state index contributed by atoms with van der Waals surface area (Å²) in [5.74, 6) is 0.387. The van der Waals surface area contributed by atoms with Crippen LogP contribution in [0.3, 0.4) is 0 Å². The Hall–Kier alpha value is -2.00. The number of nitrogens with one attached hydrogen (secondary N) is 1. The zero-order chi connectivity index (χ0) is 19.2. The number of benzene rings is 1. The number of hydrazone groups is 1. The molecule has 0 spiro atoms. The van der Waals surface area contributed by atoms with Crippen LogP contribution in [0, 0.1) is 16.0 Å². The number of hydrogen-bond donors (Lipinski definition) is 1. The minimum absolute atomic E-state index is 0.0882. The van der Waals surface area contributed by atoms with E-state index in [-0.39, 0.29) is 16.3 Å². The van der Waals surface area contributed by atoms with E-state index in [0.717, 1.165) is 18.9 Å². The van der Waals surface area contributed by atoms with E-state index in [2.05, 4.69) is 10.5 Å². The first kappa shape index (κ1) is 20.3. The molecular formula is C17H26N4O4S. The van der Waals surface area contributed by atoms with Crippen molar-refractivity contribution in [3.8, 4) is 0 Å². The van der Waals surface area contributed by atoms with Gasteiger partial charge in [-0.1, -0.05) is 33.1 Å². The van der Waals surface area contributed by atoms with Crippen LogP contribution in [-0.2, 0) is 10.0 Å². The standard InChI is InChI=1S/C17H26N4O4S/c1-3-20(4-2)26(24,25)15-10-11-16(17(12-15)21(22)23)19-18-13-14-8-6-5-7-9-14/h10-14,19H,3-9H2,1-2H3/b18-13-. The third-order valence-corrected chi connectivity index (χ3v) is 6.68. The van der Waals surface area contributed by atoms with E-state index in [4.69, 9.17) is 0 Å². The molecule has 1 aliphatic rings. The fourth-order valence-corrected chi connectivity index (χ4v) is 4.60. The zero-order valence-corrected chi connectivity index (χ0v) is 16.0. The predicted octanol–water partition coefficient (Wildman–Crippen LogP) is 3.60. The molecule has 1 fully saturated rings. The van der Waals surface area contributed by atoms with Crippen molar-refractivity contribution in [1.82, 2.24) is 4.31 Å². The Morgan fingerprint density at radius 2 is 1.92 bits per heavy atom. The van der Waals surface area contributed by atoms with Gasteiger partial charge in [0.05, 0.1) is 9.82 Å². The maximum absolute atomic E-state index is 12.6. The number of nitro groups is 1. The van der Waals surface area contributed by atoms with Gasteiger partial charge in [-0.15, -0.1) is 0 Å². The molecule has 0 amide bonds. The zero-order valence-electron chi connectivity index (χ0n) is 15.2. The number of anilines is 1. The third-order valence-electron chi connectivity index (χ3n) is 4.63. The predicted molar refractivity (Wildman–Crippen MR) is 102 cm³/mol. The number of sulfonamides is 1. The highest BCUT2D eigenvalue weighted by atomic mass is 32.2. The largest absolute Gasteiger partial charge is 0.295 e. The van der Waals surface area contributed by atoms with Crippen molar-refractivity contribution in [1.29, 1.82) is 0 Å². The fraction of sp³-hybridized carbons (Fsp3) is 0.588. The lowest BCUT2D eigenvalue weighted by atomic mass is 9.90. The van der Waals surface area contributed by atoms with Crippen molar-refractivity contribution in [2.45, 2.75) is 50.8 Å². The van der Waals surface area contributed by atoms with E-state index in [0.29, 0.717) is 19.0 Å². The normalized spacial score (nSPS) is 16.3. The van der Waals surface area contributed by atoms with Crippen molar-refractivity contribution in [3.05, 3.63) is 28.3 Å². The van der Waals surface area contributed by atoms with Gasteiger partial charge in [-0.2, -0.15) is 9.41 Å². The molecule has 0 aliphatic heterocycles. The summed E-state index contributed by atoms with van der Waals surface area (Å²) < 4.78 is 26.4. The molecule has 1 N–H and O–H groups in total. The van der Waals surface area contributed by atoms with E-state index in [1.807, 2.05) is 0 Å². The van der Waals surface area contributed by atoms with Gasteiger partial charge in [-0.3, -0.25) is 15.5 Å². The van der Waals surface area contributed by atoms with Crippen LogP contribution in [0.1, 0.15) is 46.0 Å². The van der Waals surface area contributed by atoms with Gasteiger partial charge >= 0.3 is 0 Å². The molecule has 1 aromatic rings. The third kappa shape index (κ3) is 4.79. The van der Waals surface area contributed by atoms with Gasteiger partial charge in [0.1, 0.15) is 5.69 Å². The van der Waals surface area contributed by atoms with E-state index < -0.39 is 14.9 Å². The van der Waals surface area contributed by atoms with E-state index in [1.165, 1.54) is 35.7 Å². The molecule has 26 heavy (non-hydrogen) atoms. The van der Waals surface area contributed by atoms with Crippen LogP contribution >= 0.6 is 0 Å². The van der Waals surface area contributed by atoms with Crippen molar-refractivity contribution >= 4 is 27.6 Å². The first-order chi connectivity index (χ1) is 12.4. The highest BCUT2D eigenvalue weighted by molar-refractivity contribution is 7.89. The molecule has 0 radical (unpaired) electrons. The van der Waals surface area contributed by atoms with E-state index in [1.54, 1.807) is 20.1 Å². The average molecular weight is 382 g/mol. The summed E-state index contributed by atoms with van der Waals surface area (Å²) in [6, 6.07) is 3.86. The molecule has 1 aromatic carbocycles. The van der Waals surface area contributed by atoms with Crippen LogP contribution in [0.4, 0.5) is 11.4 Å². The molecule has 0 saturated heterocycles. The Balaban J connectivity index is 2.23. The smallest absolute Gasteiger partial charge is 0.272 e. The monoisotopic (exact) mass is 382 g/mol. The Morgan fingerprint density at radius 1 is 1.27 bits per heavy atom. The lowest BCUT2D eigenvalue weighted by molar-refractivity contribution is -0.384. The summed E-state index contributed by atoms with van der Waals surface area (Å²) in [6.07, 6.45) is 7.54. The quantitative estimate of drug-likeness (QED) is 0.420. The van der Waals surface area contributed by atoms with Gasteiger partial charge in [0.25, 0.3) is 5.69 Å². The SMILES string of the molecule is CCN(CC)S(=O)(=O)c1ccc(N/N=C\C2CCCCC2)c([N+](=O)[O-])c1. The molecule has 0 aromatic heterocycles. The molecule has 0 heterocycles. The highest BCUT2D eigenvalue weighted by Gasteiger charge is 2.25. The van der Waals surface area contributed by atoms with Crippen LogP contribution in [0.2, 0.25) is 0 Å². The first-order valence-electron chi connectivity index (χ1n) is 8.98. The summed E-state index contributed by atoms with van der Waals surface area (Å²) in [5.41, 5.74) is 2.57. The molecule has 9 heteroatoms. The van der Waals surface area contributed by atoms with Gasteiger partial charge in [-0.05, 0) is 30.9 Å². The van der Waals surface area contributed by atoms with Crippen molar-refractivity contribution in [3.63, 3.8) is 0 Å². The van der Waals surface area contributed by atoms with Crippen LogP contribution in [0.5, 0.6) is 0 Å². The van der Waals surface area contributed by atoms with Gasteiger partial charge in [0.15, 0.2) is 0 Å². The topological polar surface area (TPSA) is 105 Å². The second-order valence-electron chi connectivity index (χ2n) is 6.31. The summed E-state index contributed by atoms with van der Waals surface area (Å²) in [5, 5.41) is 15.5. The van der Waals surface area contributed by atoms with Crippen molar-refractivity contribution in [2.75, 3.05) is 18.5 Å². The summed E-state index contributed by atoms with van der Waals surface area (Å²) in [7, 11) is -3.75. The molecule has 1 saturated carbocycles. The Bertz CT molecular complexity index is 754. The van der Waals surface area contributed by atoms with Crippen molar-refractivity contribution in [2.24, 2.45) is 11.0 Å². The molecule has 0 bridgehead atoms. The average Bonchev–Trinajstić information content (AvgIpc) is 2.63. The summed E-state index contributed by atoms with van der Waals surface area (Å²) in [6.45, 7) is 4.06. The lowest BCUT2D eigenvalue weighted by Gasteiger charge is -2.18. The second kappa shape index (κ2) is 9.09. The number of hydrogen-bond acceptors (Lipinski definition) is 6. The van der Waals surface area contributed by atoms with E-state index in [9.17, 15) is 18.5 Å². The summed E-state index contributed by atoms with van der Waals surface area (Å²) >= 11 is 0. The molecule has 0 atom stereocenters. The Morgan fingerprint density at radius 3 is 2.50 bits per heavy atom. The maximum atomic E-state index is 12.6. The molecule has 8 nitrogen and oxygen atoms in total. The van der Waals surface area contributed by atoms with Crippen LogP contribution in [-0.4, -0.2) is 37.0 Å². The first-order valence-corrected chi connectivity index (χ1v) is 10.4. The number of nitro benzene ring substituents is 1. The van der Waals surface area contributed by atoms with Crippen LogP contribution < -0.4 is 5.43 Å². The van der Waals surface area contributed by atoms with Gasteiger partial charge in [-0.25, -0.2) is 8.42 Å².